The van der Waals surface area contributed by atoms with Gasteiger partial charge in [-0.1, -0.05) is 250 Å². The number of carbonyl (C=O) groups is 2. The van der Waals surface area contributed by atoms with E-state index in [0.29, 0.717) is 25.9 Å². The van der Waals surface area contributed by atoms with E-state index >= 15 is 0 Å². The minimum Gasteiger partial charge on any atom is -0.466 e. The highest BCUT2D eigenvalue weighted by Crippen LogP contribution is 2.17. The molecule has 0 aromatic heterocycles. The van der Waals surface area contributed by atoms with Crippen LogP contribution >= 0.6 is 0 Å². The van der Waals surface area contributed by atoms with Crippen LogP contribution in [0.4, 0.5) is 0 Å². The van der Waals surface area contributed by atoms with E-state index in [0.717, 1.165) is 70.6 Å². The number of esters is 1. The van der Waals surface area contributed by atoms with E-state index in [1.54, 1.807) is 0 Å². The molecule has 0 aliphatic carbocycles. The summed E-state index contributed by atoms with van der Waals surface area (Å²) in [5.41, 5.74) is 0. The Balaban J connectivity index is 3.51. The Morgan fingerprint density at radius 3 is 1.14 bits per heavy atom. The van der Waals surface area contributed by atoms with Crippen molar-refractivity contribution in [2.75, 3.05) is 13.2 Å². The highest BCUT2D eigenvalue weighted by atomic mass is 16.5. The van der Waals surface area contributed by atoms with Gasteiger partial charge in [0.2, 0.25) is 5.91 Å². The first-order valence-electron chi connectivity index (χ1n) is 28.6. The Labute approximate surface area is 399 Å². The van der Waals surface area contributed by atoms with Gasteiger partial charge in [-0.2, -0.15) is 0 Å². The number of aliphatic hydroxyl groups excluding tert-OH is 2. The fraction of sp³-hybridized carbons (Fsp3) is 0.897. The summed E-state index contributed by atoms with van der Waals surface area (Å²) in [5, 5.41) is 23.3. The fourth-order valence-electron chi connectivity index (χ4n) is 8.81. The van der Waals surface area contributed by atoms with Crippen molar-refractivity contribution in [3.63, 3.8) is 0 Å². The Kier molecular flexibility index (Phi) is 52.6. The van der Waals surface area contributed by atoms with Gasteiger partial charge in [0, 0.05) is 12.8 Å². The van der Waals surface area contributed by atoms with E-state index in [1.807, 2.05) is 0 Å². The molecule has 0 radical (unpaired) electrons. The van der Waals surface area contributed by atoms with Gasteiger partial charge < -0.3 is 20.3 Å². The number of unbranched alkanes of at least 4 members (excludes halogenated alkanes) is 38. The third-order valence-corrected chi connectivity index (χ3v) is 13.2. The first-order valence-corrected chi connectivity index (χ1v) is 28.6. The summed E-state index contributed by atoms with van der Waals surface area (Å²) in [5.74, 6) is -0.129. The van der Waals surface area contributed by atoms with E-state index in [4.69, 9.17) is 4.74 Å². The topological polar surface area (TPSA) is 95.9 Å². The van der Waals surface area contributed by atoms with Crippen molar-refractivity contribution < 1.29 is 24.5 Å². The van der Waals surface area contributed by atoms with Crippen molar-refractivity contribution in [2.45, 2.75) is 321 Å². The minimum atomic E-state index is -0.696. The normalized spacial score (nSPS) is 12.8. The van der Waals surface area contributed by atoms with Crippen molar-refractivity contribution in [2.24, 2.45) is 0 Å². The molecule has 0 spiro atoms. The molecule has 64 heavy (non-hydrogen) atoms. The van der Waals surface area contributed by atoms with Crippen LogP contribution in [0, 0.1) is 0 Å². The van der Waals surface area contributed by atoms with E-state index in [9.17, 15) is 19.8 Å². The van der Waals surface area contributed by atoms with Gasteiger partial charge >= 0.3 is 5.97 Å². The van der Waals surface area contributed by atoms with Crippen molar-refractivity contribution in [1.29, 1.82) is 0 Å². The maximum absolute atomic E-state index is 12.5. The molecule has 2 unspecified atom stereocenters. The smallest absolute Gasteiger partial charge is 0.305 e. The van der Waals surface area contributed by atoms with Crippen LogP contribution in [0.3, 0.4) is 0 Å². The molecule has 0 aliphatic rings. The molecule has 0 aromatic carbocycles. The van der Waals surface area contributed by atoms with E-state index in [1.165, 1.54) is 205 Å². The van der Waals surface area contributed by atoms with Crippen LogP contribution in [-0.2, 0) is 14.3 Å². The molecule has 0 saturated heterocycles. The van der Waals surface area contributed by atoms with Crippen LogP contribution in [0.25, 0.3) is 0 Å². The largest absolute Gasteiger partial charge is 0.466 e. The van der Waals surface area contributed by atoms with Crippen LogP contribution < -0.4 is 5.32 Å². The number of rotatable bonds is 53. The van der Waals surface area contributed by atoms with E-state index < -0.39 is 12.1 Å². The molecular weight excluding hydrogens is 791 g/mol. The lowest BCUT2D eigenvalue weighted by Gasteiger charge is -2.22. The maximum atomic E-state index is 12.5. The summed E-state index contributed by atoms with van der Waals surface area (Å²) in [6.07, 6.45) is 64.6. The number of aliphatic hydroxyl groups is 2. The Morgan fingerprint density at radius 1 is 0.422 bits per heavy atom. The highest BCUT2D eigenvalue weighted by Gasteiger charge is 2.20. The van der Waals surface area contributed by atoms with Gasteiger partial charge in [0.25, 0.3) is 0 Å². The average Bonchev–Trinajstić information content (AvgIpc) is 3.29. The molecule has 0 bridgehead atoms. The lowest BCUT2D eigenvalue weighted by molar-refractivity contribution is -0.143. The van der Waals surface area contributed by atoms with Crippen LogP contribution in [0.5, 0.6) is 0 Å². The van der Waals surface area contributed by atoms with E-state index in [2.05, 4.69) is 43.5 Å². The van der Waals surface area contributed by atoms with Gasteiger partial charge in [0.15, 0.2) is 0 Å². The van der Waals surface area contributed by atoms with Gasteiger partial charge in [0.05, 0.1) is 25.4 Å². The van der Waals surface area contributed by atoms with Crippen molar-refractivity contribution in [1.82, 2.24) is 5.32 Å². The molecule has 0 aromatic rings. The lowest BCUT2D eigenvalue weighted by atomic mass is 10.0. The predicted molar refractivity (Wildman–Crippen MR) is 278 cm³/mol. The predicted octanol–water partition coefficient (Wildman–Crippen LogP) is 17.5. The summed E-state index contributed by atoms with van der Waals surface area (Å²) in [6.45, 7) is 4.88. The summed E-state index contributed by atoms with van der Waals surface area (Å²) in [4.78, 5) is 24.5. The lowest BCUT2D eigenvalue weighted by Crippen LogP contribution is -2.45. The summed E-state index contributed by atoms with van der Waals surface area (Å²) >= 11 is 0. The van der Waals surface area contributed by atoms with Crippen molar-refractivity contribution >= 4 is 11.9 Å². The fourth-order valence-corrected chi connectivity index (χ4v) is 8.81. The Bertz CT molecular complexity index is 997. The number of allylic oxidation sites excluding steroid dienone is 4. The molecule has 378 valence electrons. The third-order valence-electron chi connectivity index (χ3n) is 13.2. The zero-order chi connectivity index (χ0) is 46.5. The van der Waals surface area contributed by atoms with Crippen LogP contribution in [0.2, 0.25) is 0 Å². The number of hydrogen-bond acceptors (Lipinski definition) is 5. The Hall–Kier alpha value is -1.66. The quantitative estimate of drug-likeness (QED) is 0.0321. The molecule has 6 nitrogen and oxygen atoms in total. The monoisotopic (exact) mass is 902 g/mol. The van der Waals surface area contributed by atoms with Crippen molar-refractivity contribution in [3.8, 4) is 0 Å². The summed E-state index contributed by atoms with van der Waals surface area (Å²) in [7, 11) is 0. The van der Waals surface area contributed by atoms with Crippen LogP contribution in [0.1, 0.15) is 309 Å². The summed E-state index contributed by atoms with van der Waals surface area (Å²) in [6, 6.07) is -0.580. The first-order chi connectivity index (χ1) is 31.5. The molecule has 2 atom stereocenters. The second kappa shape index (κ2) is 54.0. The van der Waals surface area contributed by atoms with E-state index in [-0.39, 0.29) is 18.5 Å². The molecule has 6 heteroatoms. The third kappa shape index (κ3) is 49.8. The molecule has 0 heterocycles. The SMILES string of the molecule is CCCCCCCC/C=C\CCCCCCCCCCCC(=O)OCCCCCC/C=C\CCCC(=O)NC(CO)C(O)CCCCCCCCCCCCCCCCCCCCC. The number of carbonyl (C=O) groups excluding carboxylic acids is 2. The minimum absolute atomic E-state index is 0.0354. The van der Waals surface area contributed by atoms with Crippen molar-refractivity contribution in [3.05, 3.63) is 24.3 Å². The second-order valence-corrected chi connectivity index (χ2v) is 19.6. The molecule has 0 saturated carbocycles. The van der Waals surface area contributed by atoms with Crippen LogP contribution in [-0.4, -0.2) is 47.4 Å². The molecule has 3 N–H and O–H groups in total. The number of nitrogens with one attached hydrogen (secondary N) is 1. The van der Waals surface area contributed by atoms with Crippen LogP contribution in [0.15, 0.2) is 24.3 Å². The first kappa shape index (κ1) is 62.3. The molecule has 1 amide bonds. The summed E-state index contributed by atoms with van der Waals surface area (Å²) < 4.78 is 5.46. The van der Waals surface area contributed by atoms with Gasteiger partial charge in [-0.05, 0) is 70.6 Å². The average molecular weight is 903 g/mol. The molecule has 0 rings (SSSR count). The molecule has 0 aliphatic heterocycles. The molecule has 0 fully saturated rings. The zero-order valence-electron chi connectivity index (χ0n) is 43.0. The number of ether oxygens (including phenoxy) is 1. The second-order valence-electron chi connectivity index (χ2n) is 19.6. The van der Waals surface area contributed by atoms with Gasteiger partial charge in [-0.3, -0.25) is 9.59 Å². The van der Waals surface area contributed by atoms with Gasteiger partial charge in [-0.15, -0.1) is 0 Å². The number of amides is 1. The number of hydrogen-bond donors (Lipinski definition) is 3. The zero-order valence-corrected chi connectivity index (χ0v) is 43.0. The highest BCUT2D eigenvalue weighted by molar-refractivity contribution is 5.76. The molecular formula is C58H111NO5. The standard InChI is InChI=1S/C58H111NO5/c1-3-5-7-9-11-13-15-17-19-21-23-25-27-29-31-34-38-42-46-50-56(61)55(54-60)59-57(62)51-47-43-39-35-33-37-41-45-49-53-64-58(63)52-48-44-40-36-32-30-28-26-24-22-20-18-16-14-12-10-8-6-4-2/h18,20,35,39,55-56,60-61H,3-17,19,21-34,36-38,40-54H2,1-2H3,(H,59,62)/b20-18-,39-35-. The Morgan fingerprint density at radius 2 is 0.750 bits per heavy atom. The van der Waals surface area contributed by atoms with Gasteiger partial charge in [0.1, 0.15) is 0 Å². The maximum Gasteiger partial charge on any atom is 0.305 e. The van der Waals surface area contributed by atoms with Gasteiger partial charge in [-0.25, -0.2) is 0 Å².